The number of carboxylic acid groups (broad SMARTS) is 1. The Morgan fingerprint density at radius 3 is 2.88 bits per heavy atom. The van der Waals surface area contributed by atoms with Crippen LogP contribution in [0, 0.1) is 0 Å². The zero-order valence-corrected chi connectivity index (χ0v) is 8.54. The highest BCUT2D eigenvalue weighted by molar-refractivity contribution is 5.87. The van der Waals surface area contributed by atoms with Gasteiger partial charge in [-0.25, -0.2) is 4.79 Å². The average Bonchev–Trinajstić information content (AvgIpc) is 2.57. The van der Waals surface area contributed by atoms with E-state index < -0.39 is 24.7 Å². The molecule has 2 rings (SSSR count). The van der Waals surface area contributed by atoms with Crippen LogP contribution in [-0.4, -0.2) is 33.6 Å². The number of aromatic amines is 1. The third kappa shape index (κ3) is 2.57. The minimum absolute atomic E-state index is 0.0731. The third-order valence-electron chi connectivity index (χ3n) is 2.51. The largest absolute Gasteiger partial charge is 0.476 e. The number of hydrogen-bond acceptors (Lipinski definition) is 3. The van der Waals surface area contributed by atoms with E-state index in [1.54, 1.807) is 0 Å². The summed E-state index contributed by atoms with van der Waals surface area (Å²) in [7, 11) is 0. The summed E-state index contributed by atoms with van der Waals surface area (Å²) in [5.74, 6) is -1.25. The second kappa shape index (κ2) is 4.02. The topological polar surface area (TPSA) is 75.2 Å². The van der Waals surface area contributed by atoms with Crippen LogP contribution in [0.2, 0.25) is 0 Å². The molecule has 0 saturated carbocycles. The SMILES string of the molecule is O=C(O)c1n[nH]c2c1CC(CC(F)(F)F)OC2. The van der Waals surface area contributed by atoms with E-state index in [2.05, 4.69) is 10.2 Å². The first-order chi connectivity index (χ1) is 7.87. The minimum Gasteiger partial charge on any atom is -0.476 e. The molecule has 8 heteroatoms. The van der Waals surface area contributed by atoms with Gasteiger partial charge in [-0.15, -0.1) is 0 Å². The molecule has 1 aromatic heterocycles. The highest BCUT2D eigenvalue weighted by Crippen LogP contribution is 2.29. The number of carboxylic acids is 1. The van der Waals surface area contributed by atoms with E-state index >= 15 is 0 Å². The maximum absolute atomic E-state index is 12.2. The normalized spacial score (nSPS) is 20.1. The first-order valence-corrected chi connectivity index (χ1v) is 4.84. The van der Waals surface area contributed by atoms with Crippen molar-refractivity contribution in [2.75, 3.05) is 0 Å². The molecule has 2 heterocycles. The molecular weight excluding hydrogens is 241 g/mol. The zero-order chi connectivity index (χ0) is 12.6. The van der Waals surface area contributed by atoms with Crippen molar-refractivity contribution in [3.8, 4) is 0 Å². The van der Waals surface area contributed by atoms with Crippen LogP contribution in [0.25, 0.3) is 0 Å². The van der Waals surface area contributed by atoms with Crippen molar-refractivity contribution in [3.63, 3.8) is 0 Å². The Hall–Kier alpha value is -1.57. The molecule has 17 heavy (non-hydrogen) atoms. The first-order valence-electron chi connectivity index (χ1n) is 4.84. The number of nitrogens with one attached hydrogen (secondary N) is 1. The molecule has 1 aromatic rings. The van der Waals surface area contributed by atoms with Crippen molar-refractivity contribution in [2.45, 2.75) is 31.7 Å². The molecule has 0 aliphatic carbocycles. The highest BCUT2D eigenvalue weighted by Gasteiger charge is 2.36. The lowest BCUT2D eigenvalue weighted by Crippen LogP contribution is -2.28. The lowest BCUT2D eigenvalue weighted by atomic mass is 10.0. The molecule has 1 aliphatic heterocycles. The molecule has 1 atom stereocenters. The number of rotatable bonds is 2. The predicted molar refractivity (Wildman–Crippen MR) is 48.5 cm³/mol. The first kappa shape index (κ1) is 11.9. The van der Waals surface area contributed by atoms with E-state index in [1.807, 2.05) is 0 Å². The molecule has 0 fully saturated rings. The summed E-state index contributed by atoms with van der Waals surface area (Å²) in [5.41, 5.74) is 0.509. The Morgan fingerprint density at radius 1 is 1.59 bits per heavy atom. The second-order valence-corrected chi connectivity index (χ2v) is 3.79. The number of H-pyrrole nitrogens is 1. The molecule has 0 spiro atoms. The number of halogens is 3. The molecule has 5 nitrogen and oxygen atoms in total. The van der Waals surface area contributed by atoms with Gasteiger partial charge in [-0.3, -0.25) is 5.10 Å². The number of aromatic carboxylic acids is 1. The molecular formula is C9H9F3N2O3. The second-order valence-electron chi connectivity index (χ2n) is 3.79. The molecule has 0 bridgehead atoms. The van der Waals surface area contributed by atoms with Gasteiger partial charge in [0, 0.05) is 12.0 Å². The number of carbonyl (C=O) groups is 1. The highest BCUT2D eigenvalue weighted by atomic mass is 19.4. The standard InChI is InChI=1S/C9H9F3N2O3/c10-9(11,12)2-4-1-5-6(3-17-4)13-14-7(5)8(15)16/h4H,1-3H2,(H,13,14)(H,15,16). The number of aromatic nitrogens is 2. The molecule has 0 radical (unpaired) electrons. The third-order valence-corrected chi connectivity index (χ3v) is 2.51. The molecule has 94 valence electrons. The molecule has 1 unspecified atom stereocenters. The summed E-state index contributed by atoms with van der Waals surface area (Å²) in [6, 6.07) is 0. The Kier molecular flexibility index (Phi) is 2.82. The van der Waals surface area contributed by atoms with Crippen LogP contribution < -0.4 is 0 Å². The van der Waals surface area contributed by atoms with Gasteiger partial charge < -0.3 is 9.84 Å². The average molecular weight is 250 g/mol. The van der Waals surface area contributed by atoms with Gasteiger partial charge in [0.15, 0.2) is 5.69 Å². The van der Waals surface area contributed by atoms with E-state index in [-0.39, 0.29) is 18.7 Å². The summed E-state index contributed by atoms with van der Waals surface area (Å²) in [5, 5.41) is 14.8. The van der Waals surface area contributed by atoms with Crippen molar-refractivity contribution in [1.29, 1.82) is 0 Å². The Balaban J connectivity index is 2.17. The predicted octanol–water partition coefficient (Wildman–Crippen LogP) is 1.50. The van der Waals surface area contributed by atoms with Crippen molar-refractivity contribution < 1.29 is 27.8 Å². The Labute approximate surface area is 93.6 Å². The van der Waals surface area contributed by atoms with E-state index in [4.69, 9.17) is 9.84 Å². The molecule has 0 saturated heterocycles. The lowest BCUT2D eigenvalue weighted by Gasteiger charge is -2.23. The van der Waals surface area contributed by atoms with Crippen molar-refractivity contribution in [1.82, 2.24) is 10.2 Å². The van der Waals surface area contributed by atoms with Crippen LogP contribution in [0.5, 0.6) is 0 Å². The Morgan fingerprint density at radius 2 is 2.29 bits per heavy atom. The fourth-order valence-electron chi connectivity index (χ4n) is 1.79. The molecule has 1 aliphatic rings. The van der Waals surface area contributed by atoms with E-state index in [0.717, 1.165) is 0 Å². The van der Waals surface area contributed by atoms with Crippen LogP contribution in [0.3, 0.4) is 0 Å². The smallest absolute Gasteiger partial charge is 0.391 e. The summed E-state index contributed by atoms with van der Waals surface area (Å²) in [4.78, 5) is 10.8. The van der Waals surface area contributed by atoms with Crippen molar-refractivity contribution in [3.05, 3.63) is 17.0 Å². The van der Waals surface area contributed by atoms with E-state index in [0.29, 0.717) is 11.3 Å². The van der Waals surface area contributed by atoms with Gasteiger partial charge in [0.25, 0.3) is 0 Å². The maximum atomic E-state index is 12.2. The quantitative estimate of drug-likeness (QED) is 0.834. The van der Waals surface area contributed by atoms with Crippen molar-refractivity contribution >= 4 is 5.97 Å². The van der Waals surface area contributed by atoms with Gasteiger partial charge in [0.05, 0.1) is 24.8 Å². The Bertz CT molecular complexity index is 441. The molecule has 0 amide bonds. The number of hydrogen-bond donors (Lipinski definition) is 2. The number of fused-ring (bicyclic) bond motifs is 1. The summed E-state index contributed by atoms with van der Waals surface area (Å²) >= 11 is 0. The van der Waals surface area contributed by atoms with Crippen molar-refractivity contribution in [2.24, 2.45) is 0 Å². The molecule has 0 aromatic carbocycles. The number of ether oxygens (including phenoxy) is 1. The van der Waals surface area contributed by atoms with Crippen LogP contribution >= 0.6 is 0 Å². The van der Waals surface area contributed by atoms with Gasteiger partial charge in [0.1, 0.15) is 0 Å². The van der Waals surface area contributed by atoms with Gasteiger partial charge in [-0.05, 0) is 0 Å². The number of nitrogens with zero attached hydrogens (tertiary/aromatic N) is 1. The van der Waals surface area contributed by atoms with Crippen LogP contribution in [0.1, 0.15) is 28.2 Å². The fourth-order valence-corrected chi connectivity index (χ4v) is 1.79. The van der Waals surface area contributed by atoms with Gasteiger partial charge in [0.2, 0.25) is 0 Å². The van der Waals surface area contributed by atoms with Crippen LogP contribution in [0.15, 0.2) is 0 Å². The minimum atomic E-state index is -4.32. The summed E-state index contributed by atoms with van der Waals surface area (Å²) in [6.45, 7) is -0.0731. The van der Waals surface area contributed by atoms with Gasteiger partial charge >= 0.3 is 12.1 Å². The summed E-state index contributed by atoms with van der Waals surface area (Å²) < 4.78 is 41.5. The van der Waals surface area contributed by atoms with E-state index in [9.17, 15) is 18.0 Å². The monoisotopic (exact) mass is 250 g/mol. The van der Waals surface area contributed by atoms with E-state index in [1.165, 1.54) is 0 Å². The van der Waals surface area contributed by atoms with Gasteiger partial charge in [-0.2, -0.15) is 18.3 Å². The summed E-state index contributed by atoms with van der Waals surface area (Å²) in [6.07, 6.45) is -6.54. The van der Waals surface area contributed by atoms with Crippen LogP contribution in [-0.2, 0) is 17.8 Å². The fraction of sp³-hybridized carbons (Fsp3) is 0.556. The lowest BCUT2D eigenvalue weighted by molar-refractivity contribution is -0.163. The number of alkyl halides is 3. The maximum Gasteiger partial charge on any atom is 0.391 e. The zero-order valence-electron chi connectivity index (χ0n) is 8.54. The van der Waals surface area contributed by atoms with Crippen LogP contribution in [0.4, 0.5) is 13.2 Å². The molecule has 2 N–H and O–H groups in total. The van der Waals surface area contributed by atoms with Gasteiger partial charge in [-0.1, -0.05) is 0 Å².